The van der Waals surface area contributed by atoms with Gasteiger partial charge in [-0.05, 0) is 86.4 Å². The normalized spacial score (nSPS) is 60.6. The summed E-state index contributed by atoms with van der Waals surface area (Å²) in [5.74, 6) is 3.06. The third kappa shape index (κ3) is 3.05. The summed E-state index contributed by atoms with van der Waals surface area (Å²) < 4.78 is 26.9. The van der Waals surface area contributed by atoms with Crippen molar-refractivity contribution in [1.29, 1.82) is 0 Å². The first-order valence-electron chi connectivity index (χ1n) is 14.7. The van der Waals surface area contributed by atoms with Crippen LogP contribution in [0.15, 0.2) is 0 Å². The highest BCUT2D eigenvalue weighted by molar-refractivity contribution is 5.79. The standard InChI is InChI=1S/C30H46O5/c1-16-7-12-30(32-15-16)17(2)24-22(33-30)14-20-23-19(9-11-29(20,24)6)28(5)10-8-18(31)13-21(28)25-26(23)35-27(3,4)34-25/h16-17,19-26H,7-15H2,1-6H3/t16?,17-,19-,20-,21+,22-,23+,24-,25+,26+,28+,29-,30+/m0/s1. The Hall–Kier alpha value is -0.490. The molecule has 0 bridgehead atoms. The molecule has 4 saturated carbocycles. The summed E-state index contributed by atoms with van der Waals surface area (Å²) in [7, 11) is 0. The molecule has 0 amide bonds. The first kappa shape index (κ1) is 23.6. The first-order valence-corrected chi connectivity index (χ1v) is 14.7. The maximum atomic E-state index is 12.6. The number of carbonyl (C=O) groups excluding carboxylic acids is 1. The van der Waals surface area contributed by atoms with E-state index in [-0.39, 0.29) is 34.7 Å². The first-order chi connectivity index (χ1) is 16.5. The van der Waals surface area contributed by atoms with Crippen LogP contribution in [0, 0.1) is 52.3 Å². The highest BCUT2D eigenvalue weighted by atomic mass is 16.8. The molecule has 5 nitrogen and oxygen atoms in total. The summed E-state index contributed by atoms with van der Waals surface area (Å²) in [5, 5.41) is 0. The topological polar surface area (TPSA) is 54.0 Å². The van der Waals surface area contributed by atoms with E-state index in [9.17, 15) is 4.79 Å². The van der Waals surface area contributed by atoms with Gasteiger partial charge in [0.1, 0.15) is 5.78 Å². The van der Waals surface area contributed by atoms with Crippen molar-refractivity contribution in [2.24, 2.45) is 52.3 Å². The van der Waals surface area contributed by atoms with E-state index in [2.05, 4.69) is 41.5 Å². The molecular formula is C30H46O5. The van der Waals surface area contributed by atoms with Crippen LogP contribution in [0.4, 0.5) is 0 Å². The summed E-state index contributed by atoms with van der Waals surface area (Å²) in [6, 6.07) is 0. The van der Waals surface area contributed by atoms with Gasteiger partial charge in [0.2, 0.25) is 0 Å². The molecule has 3 heterocycles. The number of ether oxygens (including phenoxy) is 4. The molecule has 4 aliphatic carbocycles. The molecule has 3 aliphatic heterocycles. The Kier molecular flexibility index (Phi) is 4.95. The Labute approximate surface area is 211 Å². The van der Waals surface area contributed by atoms with Crippen LogP contribution in [0.3, 0.4) is 0 Å². The summed E-state index contributed by atoms with van der Waals surface area (Å²) in [4.78, 5) is 12.6. The second-order valence-electron chi connectivity index (χ2n) is 14.7. The molecule has 7 aliphatic rings. The number of Topliss-reactive ketones (excluding diaryl/α,β-unsaturated/α-hetero) is 1. The molecule has 1 spiro atoms. The Morgan fingerprint density at radius 2 is 1.60 bits per heavy atom. The van der Waals surface area contributed by atoms with Crippen LogP contribution in [0.5, 0.6) is 0 Å². The Morgan fingerprint density at radius 1 is 0.829 bits per heavy atom. The second-order valence-corrected chi connectivity index (χ2v) is 14.7. The summed E-state index contributed by atoms with van der Waals surface area (Å²) >= 11 is 0. The van der Waals surface area contributed by atoms with Crippen molar-refractivity contribution < 1.29 is 23.7 Å². The van der Waals surface area contributed by atoms with E-state index in [1.165, 1.54) is 19.3 Å². The SMILES string of the molecule is CC1CC[C@@]2(OC1)O[C@H]1C[C@H]3[C@@H]4[C@H]5OC(C)(C)O[C@@H]5[C@H]5CC(=O)CC[C@]5(C)[C@H]4CC[C@]3(C)[C@H]1[C@@H]2C. The third-order valence-corrected chi connectivity index (χ3v) is 12.6. The molecule has 5 heteroatoms. The van der Waals surface area contributed by atoms with Crippen LogP contribution in [-0.2, 0) is 23.7 Å². The zero-order chi connectivity index (χ0) is 24.5. The van der Waals surface area contributed by atoms with E-state index in [0.29, 0.717) is 53.8 Å². The van der Waals surface area contributed by atoms with Gasteiger partial charge in [0, 0.05) is 31.1 Å². The van der Waals surface area contributed by atoms with Gasteiger partial charge in [-0.1, -0.05) is 27.7 Å². The zero-order valence-electron chi connectivity index (χ0n) is 22.7. The fourth-order valence-corrected chi connectivity index (χ4v) is 11.0. The van der Waals surface area contributed by atoms with E-state index in [1.807, 2.05) is 0 Å². The molecule has 7 rings (SSSR count). The van der Waals surface area contributed by atoms with Gasteiger partial charge in [-0.15, -0.1) is 0 Å². The number of fused-ring (bicyclic) bond motifs is 10. The Balaban J connectivity index is 1.24. The number of hydrogen-bond acceptors (Lipinski definition) is 5. The number of rotatable bonds is 0. The smallest absolute Gasteiger partial charge is 0.171 e. The van der Waals surface area contributed by atoms with Crippen molar-refractivity contribution in [3.05, 3.63) is 0 Å². The van der Waals surface area contributed by atoms with Gasteiger partial charge in [0.05, 0.1) is 24.9 Å². The lowest BCUT2D eigenvalue weighted by molar-refractivity contribution is -0.274. The van der Waals surface area contributed by atoms with Crippen molar-refractivity contribution in [2.45, 2.75) is 123 Å². The molecule has 0 N–H and O–H groups in total. The maximum Gasteiger partial charge on any atom is 0.171 e. The lowest BCUT2D eigenvalue weighted by Gasteiger charge is -2.63. The highest BCUT2D eigenvalue weighted by Crippen LogP contribution is 2.72. The second kappa shape index (κ2) is 7.33. The van der Waals surface area contributed by atoms with Crippen LogP contribution < -0.4 is 0 Å². The molecule has 1 unspecified atom stereocenters. The largest absolute Gasteiger partial charge is 0.349 e. The predicted molar refractivity (Wildman–Crippen MR) is 131 cm³/mol. The van der Waals surface area contributed by atoms with Crippen LogP contribution in [0.25, 0.3) is 0 Å². The third-order valence-electron chi connectivity index (χ3n) is 12.6. The summed E-state index contributed by atoms with van der Waals surface area (Å²) in [5.41, 5.74) is 0.411. The number of hydrogen-bond donors (Lipinski definition) is 0. The molecule has 0 aromatic rings. The maximum absolute atomic E-state index is 12.6. The highest BCUT2D eigenvalue weighted by Gasteiger charge is 2.73. The lowest BCUT2D eigenvalue weighted by Crippen LogP contribution is -2.63. The fourth-order valence-electron chi connectivity index (χ4n) is 11.0. The average Bonchev–Trinajstić information content (AvgIpc) is 3.37. The van der Waals surface area contributed by atoms with Gasteiger partial charge >= 0.3 is 0 Å². The van der Waals surface area contributed by atoms with E-state index in [4.69, 9.17) is 18.9 Å². The Morgan fingerprint density at radius 3 is 2.34 bits per heavy atom. The minimum atomic E-state index is -0.575. The van der Waals surface area contributed by atoms with Crippen LogP contribution >= 0.6 is 0 Å². The fraction of sp³-hybridized carbons (Fsp3) is 0.967. The van der Waals surface area contributed by atoms with E-state index < -0.39 is 5.79 Å². The van der Waals surface area contributed by atoms with Gasteiger partial charge in [0.25, 0.3) is 0 Å². The van der Waals surface area contributed by atoms with Crippen LogP contribution in [-0.4, -0.2) is 42.3 Å². The van der Waals surface area contributed by atoms with Crippen molar-refractivity contribution in [1.82, 2.24) is 0 Å². The van der Waals surface area contributed by atoms with Crippen molar-refractivity contribution >= 4 is 5.78 Å². The summed E-state index contributed by atoms with van der Waals surface area (Å²) in [6.45, 7) is 14.8. The van der Waals surface area contributed by atoms with Crippen molar-refractivity contribution in [3.63, 3.8) is 0 Å². The van der Waals surface area contributed by atoms with Crippen molar-refractivity contribution in [3.8, 4) is 0 Å². The quantitative estimate of drug-likeness (QED) is 0.437. The van der Waals surface area contributed by atoms with Crippen LogP contribution in [0.2, 0.25) is 0 Å². The molecule has 0 radical (unpaired) electrons. The Bertz CT molecular complexity index is 906. The summed E-state index contributed by atoms with van der Waals surface area (Å²) in [6.07, 6.45) is 8.73. The van der Waals surface area contributed by atoms with Gasteiger partial charge in [-0.3, -0.25) is 4.79 Å². The van der Waals surface area contributed by atoms with Gasteiger partial charge in [-0.25, -0.2) is 0 Å². The number of ketones is 1. The molecular weight excluding hydrogens is 440 g/mol. The van der Waals surface area contributed by atoms with E-state index >= 15 is 0 Å². The monoisotopic (exact) mass is 486 g/mol. The lowest BCUT2D eigenvalue weighted by atomic mass is 9.43. The molecule has 0 aromatic heterocycles. The molecule has 3 saturated heterocycles. The van der Waals surface area contributed by atoms with Crippen molar-refractivity contribution in [2.75, 3.05) is 6.61 Å². The predicted octanol–water partition coefficient (Wildman–Crippen LogP) is 5.74. The minimum Gasteiger partial charge on any atom is -0.349 e. The van der Waals surface area contributed by atoms with Gasteiger partial charge < -0.3 is 18.9 Å². The van der Waals surface area contributed by atoms with Gasteiger partial charge in [0.15, 0.2) is 11.6 Å². The molecule has 35 heavy (non-hydrogen) atoms. The van der Waals surface area contributed by atoms with E-state index in [1.54, 1.807) is 0 Å². The molecule has 196 valence electrons. The molecule has 0 aromatic carbocycles. The molecule has 13 atom stereocenters. The molecule has 7 fully saturated rings. The number of carbonyl (C=O) groups is 1. The average molecular weight is 487 g/mol. The van der Waals surface area contributed by atoms with Crippen LogP contribution in [0.1, 0.15) is 92.9 Å². The minimum absolute atomic E-state index is 0.0381. The van der Waals surface area contributed by atoms with Gasteiger partial charge in [-0.2, -0.15) is 0 Å². The zero-order valence-corrected chi connectivity index (χ0v) is 22.7. The van der Waals surface area contributed by atoms with E-state index in [0.717, 1.165) is 32.3 Å².